The summed E-state index contributed by atoms with van der Waals surface area (Å²) >= 11 is 6.01. The van der Waals surface area contributed by atoms with Crippen molar-refractivity contribution in [3.8, 4) is 0 Å². The lowest BCUT2D eigenvalue weighted by Gasteiger charge is -2.36. The second-order valence-corrected chi connectivity index (χ2v) is 8.27. The largest absolute Gasteiger partial charge is 0.368 e. The molecule has 1 amide bonds. The molecule has 0 unspecified atom stereocenters. The molecule has 2 aromatic carbocycles. The lowest BCUT2D eigenvalue weighted by atomic mass is 10.2. The summed E-state index contributed by atoms with van der Waals surface area (Å²) in [6.45, 7) is 4.75. The van der Waals surface area contributed by atoms with E-state index in [1.165, 1.54) is 0 Å². The average Bonchev–Trinajstić information content (AvgIpc) is 3.33. The Kier molecular flexibility index (Phi) is 5.17. The fourth-order valence-electron chi connectivity index (χ4n) is 4.25. The Labute approximate surface area is 181 Å². The molecule has 3 aromatic rings. The molecule has 6 nitrogen and oxygen atoms in total. The van der Waals surface area contributed by atoms with E-state index in [9.17, 15) is 4.79 Å². The summed E-state index contributed by atoms with van der Waals surface area (Å²) in [7, 11) is 0. The van der Waals surface area contributed by atoms with Crippen molar-refractivity contribution in [2.45, 2.75) is 12.8 Å². The highest BCUT2D eigenvalue weighted by atomic mass is 35.5. The van der Waals surface area contributed by atoms with Crippen LogP contribution in [0.3, 0.4) is 0 Å². The number of hydrogen-bond donors (Lipinski definition) is 0. The number of aromatic nitrogens is 2. The summed E-state index contributed by atoms with van der Waals surface area (Å²) in [5.74, 6) is 0.710. The summed E-state index contributed by atoms with van der Waals surface area (Å²) in [4.78, 5) is 29.5. The number of hydrogen-bond acceptors (Lipinski definition) is 5. The molecule has 2 saturated heterocycles. The highest BCUT2D eigenvalue weighted by Crippen LogP contribution is 2.26. The van der Waals surface area contributed by atoms with Crippen LogP contribution in [0.1, 0.15) is 23.3 Å². The number of halogens is 1. The topological polar surface area (TPSA) is 52.6 Å². The Bertz CT molecular complexity index is 1060. The fourth-order valence-corrected chi connectivity index (χ4v) is 4.38. The standard InChI is InChI=1S/C23H24ClN5O/c24-17-7-9-18(10-8-17)27-13-15-29(16-14-27)23(30)21-22(28-11-3-4-12-28)26-20-6-2-1-5-19(20)25-21/h1-2,5-10H,3-4,11-16H2. The van der Waals surface area contributed by atoms with Gasteiger partial charge in [0.15, 0.2) is 11.5 Å². The van der Waals surface area contributed by atoms with Crippen LogP contribution in [0.25, 0.3) is 11.0 Å². The Hall–Kier alpha value is -2.86. The molecule has 0 radical (unpaired) electrons. The zero-order chi connectivity index (χ0) is 20.5. The first-order chi connectivity index (χ1) is 14.7. The van der Waals surface area contributed by atoms with Crippen molar-refractivity contribution in [2.75, 3.05) is 49.1 Å². The van der Waals surface area contributed by atoms with E-state index >= 15 is 0 Å². The summed E-state index contributed by atoms with van der Waals surface area (Å²) in [6, 6.07) is 15.6. The summed E-state index contributed by atoms with van der Waals surface area (Å²) in [6.07, 6.45) is 2.25. The normalized spacial score (nSPS) is 17.0. The molecule has 7 heteroatoms. The van der Waals surface area contributed by atoms with Crippen molar-refractivity contribution in [3.63, 3.8) is 0 Å². The molecule has 0 saturated carbocycles. The molecule has 5 rings (SSSR count). The summed E-state index contributed by atoms with van der Waals surface area (Å²) in [5, 5.41) is 0.733. The molecule has 0 spiro atoms. The number of anilines is 2. The van der Waals surface area contributed by atoms with Crippen LogP contribution in [-0.2, 0) is 0 Å². The second-order valence-electron chi connectivity index (χ2n) is 7.83. The van der Waals surface area contributed by atoms with Gasteiger partial charge in [-0.1, -0.05) is 23.7 Å². The SMILES string of the molecule is O=C(c1nc2ccccc2nc1N1CCCC1)N1CCN(c2ccc(Cl)cc2)CC1. The third kappa shape index (κ3) is 3.67. The monoisotopic (exact) mass is 421 g/mol. The van der Waals surface area contributed by atoms with Gasteiger partial charge in [-0.25, -0.2) is 9.97 Å². The highest BCUT2D eigenvalue weighted by molar-refractivity contribution is 6.30. The number of para-hydroxylation sites is 2. The van der Waals surface area contributed by atoms with Crippen molar-refractivity contribution < 1.29 is 4.79 Å². The highest BCUT2D eigenvalue weighted by Gasteiger charge is 2.29. The first-order valence-electron chi connectivity index (χ1n) is 10.5. The van der Waals surface area contributed by atoms with Gasteiger partial charge in [-0.05, 0) is 49.2 Å². The van der Waals surface area contributed by atoms with Gasteiger partial charge in [0.2, 0.25) is 0 Å². The van der Waals surface area contributed by atoms with E-state index < -0.39 is 0 Å². The van der Waals surface area contributed by atoms with Gasteiger partial charge in [0.25, 0.3) is 5.91 Å². The fraction of sp³-hybridized carbons (Fsp3) is 0.348. The first kappa shape index (κ1) is 19.1. The van der Waals surface area contributed by atoms with E-state index in [0.29, 0.717) is 18.8 Å². The van der Waals surface area contributed by atoms with Gasteiger partial charge >= 0.3 is 0 Å². The molecule has 0 bridgehead atoms. The van der Waals surface area contributed by atoms with Crippen LogP contribution in [0.5, 0.6) is 0 Å². The lowest BCUT2D eigenvalue weighted by molar-refractivity contribution is 0.0741. The van der Waals surface area contributed by atoms with Gasteiger partial charge in [-0.2, -0.15) is 0 Å². The van der Waals surface area contributed by atoms with Crippen LogP contribution in [0.4, 0.5) is 11.5 Å². The molecule has 30 heavy (non-hydrogen) atoms. The van der Waals surface area contributed by atoms with Crippen molar-refractivity contribution in [1.82, 2.24) is 14.9 Å². The van der Waals surface area contributed by atoms with E-state index in [1.54, 1.807) is 0 Å². The molecule has 0 N–H and O–H groups in total. The maximum atomic E-state index is 13.5. The third-order valence-corrected chi connectivity index (χ3v) is 6.17. The van der Waals surface area contributed by atoms with Crippen molar-refractivity contribution in [1.29, 1.82) is 0 Å². The van der Waals surface area contributed by atoms with Crippen LogP contribution in [-0.4, -0.2) is 60.0 Å². The van der Waals surface area contributed by atoms with E-state index in [1.807, 2.05) is 53.4 Å². The predicted molar refractivity (Wildman–Crippen MR) is 121 cm³/mol. The predicted octanol–water partition coefficient (Wildman–Crippen LogP) is 3.85. The van der Waals surface area contributed by atoms with Crippen LogP contribution < -0.4 is 9.80 Å². The average molecular weight is 422 g/mol. The number of amides is 1. The number of rotatable bonds is 3. The Morgan fingerprint density at radius 3 is 2.07 bits per heavy atom. The molecular formula is C23H24ClN5O. The zero-order valence-electron chi connectivity index (χ0n) is 16.8. The zero-order valence-corrected chi connectivity index (χ0v) is 17.6. The van der Waals surface area contributed by atoms with Crippen LogP contribution >= 0.6 is 11.6 Å². The minimum atomic E-state index is -0.0223. The number of fused-ring (bicyclic) bond motifs is 1. The van der Waals surface area contributed by atoms with Gasteiger partial charge in [0.1, 0.15) is 0 Å². The van der Waals surface area contributed by atoms with Gasteiger partial charge in [-0.15, -0.1) is 0 Å². The number of nitrogens with zero attached hydrogens (tertiary/aromatic N) is 5. The maximum Gasteiger partial charge on any atom is 0.276 e. The van der Waals surface area contributed by atoms with Crippen LogP contribution in [0.15, 0.2) is 48.5 Å². The molecule has 2 fully saturated rings. The Morgan fingerprint density at radius 2 is 1.40 bits per heavy atom. The molecule has 154 valence electrons. The van der Waals surface area contributed by atoms with E-state index in [-0.39, 0.29) is 5.91 Å². The van der Waals surface area contributed by atoms with Crippen LogP contribution in [0, 0.1) is 0 Å². The molecule has 0 atom stereocenters. The smallest absolute Gasteiger partial charge is 0.276 e. The van der Waals surface area contributed by atoms with Gasteiger partial charge in [0.05, 0.1) is 11.0 Å². The lowest BCUT2D eigenvalue weighted by Crippen LogP contribution is -2.49. The summed E-state index contributed by atoms with van der Waals surface area (Å²) in [5.41, 5.74) is 3.22. The van der Waals surface area contributed by atoms with Crippen LogP contribution in [0.2, 0.25) is 5.02 Å². The van der Waals surface area contributed by atoms with Crippen molar-refractivity contribution >= 4 is 40.0 Å². The second kappa shape index (κ2) is 8.11. The third-order valence-electron chi connectivity index (χ3n) is 5.92. The van der Waals surface area contributed by atoms with E-state index in [0.717, 1.165) is 66.6 Å². The number of carbonyl (C=O) groups excluding carboxylic acids is 1. The van der Waals surface area contributed by atoms with Gasteiger partial charge < -0.3 is 14.7 Å². The quantitative estimate of drug-likeness (QED) is 0.643. The van der Waals surface area contributed by atoms with E-state index in [4.69, 9.17) is 21.6 Å². The number of piperazine rings is 1. The maximum absolute atomic E-state index is 13.5. The molecule has 2 aliphatic heterocycles. The molecule has 2 aliphatic rings. The van der Waals surface area contributed by atoms with Gasteiger partial charge in [-0.3, -0.25) is 4.79 Å². The Balaban J connectivity index is 1.39. The van der Waals surface area contributed by atoms with E-state index in [2.05, 4.69) is 9.80 Å². The molecule has 1 aromatic heterocycles. The van der Waals surface area contributed by atoms with Crippen molar-refractivity contribution in [3.05, 3.63) is 59.2 Å². The van der Waals surface area contributed by atoms with Gasteiger partial charge in [0, 0.05) is 50.0 Å². The minimum Gasteiger partial charge on any atom is -0.368 e. The summed E-state index contributed by atoms with van der Waals surface area (Å²) < 4.78 is 0. The molecule has 0 aliphatic carbocycles. The number of benzene rings is 2. The molecular weight excluding hydrogens is 398 g/mol. The molecule has 3 heterocycles. The Morgan fingerprint density at radius 1 is 0.767 bits per heavy atom. The van der Waals surface area contributed by atoms with Crippen molar-refractivity contribution in [2.24, 2.45) is 0 Å². The number of carbonyl (C=O) groups is 1. The first-order valence-corrected chi connectivity index (χ1v) is 10.9. The minimum absolute atomic E-state index is 0.0223.